The Bertz CT molecular complexity index is 589. The zero-order chi connectivity index (χ0) is 20.9. The summed E-state index contributed by atoms with van der Waals surface area (Å²) in [7, 11) is 0. The van der Waals surface area contributed by atoms with Crippen LogP contribution in [0, 0.1) is 0 Å². The highest BCUT2D eigenvalue weighted by atomic mass is 16.5. The van der Waals surface area contributed by atoms with E-state index in [2.05, 4.69) is 43.0 Å². The predicted molar refractivity (Wildman–Crippen MR) is 120 cm³/mol. The second-order valence-corrected chi connectivity index (χ2v) is 8.69. The van der Waals surface area contributed by atoms with Gasteiger partial charge in [-0.2, -0.15) is 0 Å². The van der Waals surface area contributed by atoms with Crippen molar-refractivity contribution in [2.24, 2.45) is 0 Å². The molecule has 1 fully saturated rings. The number of ether oxygens (including phenoxy) is 1. The number of carboxylic acid groups (broad SMARTS) is 1. The number of unbranched alkanes of at least 4 members (excludes halogenated alkanes) is 5. The maximum atomic E-state index is 10.7. The van der Waals surface area contributed by atoms with Gasteiger partial charge in [0.05, 0.1) is 6.10 Å². The molecule has 0 aliphatic carbocycles. The molecule has 4 heteroatoms. The summed E-state index contributed by atoms with van der Waals surface area (Å²) in [5.41, 5.74) is 1.36. The second-order valence-electron chi connectivity index (χ2n) is 8.69. The number of nitrogens with zero attached hydrogens (tertiary/aromatic N) is 1. The van der Waals surface area contributed by atoms with Gasteiger partial charge in [-0.05, 0) is 75.7 Å². The molecule has 2 rings (SSSR count). The van der Waals surface area contributed by atoms with E-state index in [9.17, 15) is 4.79 Å². The SMILES string of the molecule is CCCCCCCCC(C)Oc1cccc(C2CCCN(CCCC(=O)O)C2)c1. The Kier molecular flexibility index (Phi) is 11.2. The van der Waals surface area contributed by atoms with Crippen molar-refractivity contribution in [2.45, 2.75) is 96.5 Å². The molecule has 4 nitrogen and oxygen atoms in total. The lowest BCUT2D eigenvalue weighted by Gasteiger charge is -2.33. The number of carboxylic acids is 1. The molecule has 2 unspecified atom stereocenters. The van der Waals surface area contributed by atoms with E-state index < -0.39 is 5.97 Å². The zero-order valence-corrected chi connectivity index (χ0v) is 18.6. The Morgan fingerprint density at radius 2 is 2.00 bits per heavy atom. The van der Waals surface area contributed by atoms with Crippen molar-refractivity contribution in [3.63, 3.8) is 0 Å². The molecule has 1 heterocycles. The van der Waals surface area contributed by atoms with Gasteiger partial charge in [0.1, 0.15) is 5.75 Å². The molecule has 0 bridgehead atoms. The van der Waals surface area contributed by atoms with Crippen LogP contribution in [-0.4, -0.2) is 41.7 Å². The number of likely N-dealkylation sites (tertiary alicyclic amines) is 1. The Balaban J connectivity index is 1.76. The van der Waals surface area contributed by atoms with Crippen molar-refractivity contribution in [3.05, 3.63) is 29.8 Å². The quantitative estimate of drug-likeness (QED) is 0.373. The van der Waals surface area contributed by atoms with Gasteiger partial charge in [-0.1, -0.05) is 51.2 Å². The van der Waals surface area contributed by atoms with Gasteiger partial charge >= 0.3 is 5.97 Å². The van der Waals surface area contributed by atoms with E-state index in [1.807, 2.05) is 0 Å². The van der Waals surface area contributed by atoms with Crippen LogP contribution in [0.3, 0.4) is 0 Å². The number of aliphatic carboxylic acids is 1. The maximum Gasteiger partial charge on any atom is 0.303 e. The van der Waals surface area contributed by atoms with Crippen molar-refractivity contribution >= 4 is 5.97 Å². The standard InChI is InChI=1S/C25H41NO3/c1-3-4-5-6-7-8-12-21(2)29-24-15-9-13-22(19-24)23-14-10-17-26(20-23)18-11-16-25(27)28/h9,13,15,19,21,23H,3-8,10-12,14,16-18,20H2,1-2H3,(H,27,28). The third-order valence-electron chi connectivity index (χ3n) is 6.00. The molecule has 1 saturated heterocycles. The van der Waals surface area contributed by atoms with Gasteiger partial charge in [0.25, 0.3) is 0 Å². The Labute approximate surface area is 177 Å². The van der Waals surface area contributed by atoms with Gasteiger partial charge in [0.15, 0.2) is 0 Å². The highest BCUT2D eigenvalue weighted by molar-refractivity contribution is 5.66. The van der Waals surface area contributed by atoms with E-state index in [1.54, 1.807) is 0 Å². The minimum Gasteiger partial charge on any atom is -0.491 e. The molecule has 1 aliphatic heterocycles. The van der Waals surface area contributed by atoms with Crippen LogP contribution in [0.5, 0.6) is 5.75 Å². The summed E-state index contributed by atoms with van der Waals surface area (Å²) in [5.74, 6) is 0.813. The molecular weight excluding hydrogens is 362 g/mol. The van der Waals surface area contributed by atoms with Gasteiger partial charge in [-0.15, -0.1) is 0 Å². The third kappa shape index (κ3) is 9.66. The third-order valence-corrected chi connectivity index (χ3v) is 6.00. The van der Waals surface area contributed by atoms with Crippen molar-refractivity contribution in [2.75, 3.05) is 19.6 Å². The van der Waals surface area contributed by atoms with E-state index >= 15 is 0 Å². The van der Waals surface area contributed by atoms with Crippen LogP contribution in [0.4, 0.5) is 0 Å². The molecular formula is C25H41NO3. The molecule has 0 amide bonds. The monoisotopic (exact) mass is 403 g/mol. The lowest BCUT2D eigenvalue weighted by Crippen LogP contribution is -2.35. The molecule has 0 saturated carbocycles. The van der Waals surface area contributed by atoms with Crippen LogP contribution in [0.15, 0.2) is 24.3 Å². The highest BCUT2D eigenvalue weighted by Crippen LogP contribution is 2.29. The summed E-state index contributed by atoms with van der Waals surface area (Å²) in [6.07, 6.45) is 12.7. The normalized spacial score (nSPS) is 18.5. The van der Waals surface area contributed by atoms with E-state index in [1.165, 1.54) is 56.9 Å². The summed E-state index contributed by atoms with van der Waals surface area (Å²) < 4.78 is 6.21. The van der Waals surface area contributed by atoms with Gasteiger partial charge in [0.2, 0.25) is 0 Å². The molecule has 29 heavy (non-hydrogen) atoms. The number of hydrogen-bond donors (Lipinski definition) is 1. The fraction of sp³-hybridized carbons (Fsp3) is 0.720. The molecule has 1 aliphatic rings. The van der Waals surface area contributed by atoms with Gasteiger partial charge in [-0.25, -0.2) is 0 Å². The fourth-order valence-electron chi connectivity index (χ4n) is 4.33. The van der Waals surface area contributed by atoms with Crippen LogP contribution in [0.1, 0.15) is 96.0 Å². The van der Waals surface area contributed by atoms with Gasteiger partial charge < -0.3 is 14.7 Å². The number of rotatable bonds is 14. The van der Waals surface area contributed by atoms with Crippen molar-refractivity contribution in [1.82, 2.24) is 4.90 Å². The first-order valence-electron chi connectivity index (χ1n) is 11.8. The predicted octanol–water partition coefficient (Wildman–Crippen LogP) is 6.25. The molecule has 0 radical (unpaired) electrons. The van der Waals surface area contributed by atoms with Crippen LogP contribution in [0.25, 0.3) is 0 Å². The first-order valence-corrected chi connectivity index (χ1v) is 11.8. The van der Waals surface area contributed by atoms with E-state index in [0.717, 1.165) is 38.2 Å². The minimum atomic E-state index is -0.696. The van der Waals surface area contributed by atoms with Crippen LogP contribution >= 0.6 is 0 Å². The second kappa shape index (κ2) is 13.6. The van der Waals surface area contributed by atoms with Crippen molar-refractivity contribution in [3.8, 4) is 5.75 Å². The largest absolute Gasteiger partial charge is 0.491 e. The average molecular weight is 404 g/mol. The van der Waals surface area contributed by atoms with Crippen molar-refractivity contribution in [1.29, 1.82) is 0 Å². The fourth-order valence-corrected chi connectivity index (χ4v) is 4.33. The molecule has 1 aromatic carbocycles. The number of piperidine rings is 1. The first kappa shape index (κ1) is 23.7. The molecule has 0 aromatic heterocycles. The summed E-state index contributed by atoms with van der Waals surface area (Å²) >= 11 is 0. The number of benzene rings is 1. The smallest absolute Gasteiger partial charge is 0.303 e. The van der Waals surface area contributed by atoms with E-state index in [-0.39, 0.29) is 12.5 Å². The Hall–Kier alpha value is -1.55. The van der Waals surface area contributed by atoms with Gasteiger partial charge in [0, 0.05) is 13.0 Å². The molecule has 2 atom stereocenters. The Morgan fingerprint density at radius 3 is 2.79 bits per heavy atom. The van der Waals surface area contributed by atoms with E-state index in [0.29, 0.717) is 5.92 Å². The van der Waals surface area contributed by atoms with Crippen molar-refractivity contribution < 1.29 is 14.6 Å². The average Bonchev–Trinajstić information content (AvgIpc) is 2.71. The minimum absolute atomic E-state index is 0.260. The maximum absolute atomic E-state index is 10.7. The summed E-state index contributed by atoms with van der Waals surface area (Å²) in [4.78, 5) is 13.2. The lowest BCUT2D eigenvalue weighted by molar-refractivity contribution is -0.137. The van der Waals surface area contributed by atoms with Crippen LogP contribution in [-0.2, 0) is 4.79 Å². The summed E-state index contributed by atoms with van der Waals surface area (Å²) in [6.45, 7) is 7.43. The molecule has 164 valence electrons. The van der Waals surface area contributed by atoms with Gasteiger partial charge in [-0.3, -0.25) is 4.79 Å². The van der Waals surface area contributed by atoms with Crippen LogP contribution in [0.2, 0.25) is 0 Å². The number of hydrogen-bond acceptors (Lipinski definition) is 3. The lowest BCUT2D eigenvalue weighted by atomic mass is 9.90. The highest BCUT2D eigenvalue weighted by Gasteiger charge is 2.21. The molecule has 0 spiro atoms. The zero-order valence-electron chi connectivity index (χ0n) is 18.6. The van der Waals surface area contributed by atoms with Crippen LogP contribution < -0.4 is 4.74 Å². The molecule has 1 aromatic rings. The first-order chi connectivity index (χ1) is 14.1. The summed E-state index contributed by atoms with van der Waals surface area (Å²) in [5, 5.41) is 8.85. The summed E-state index contributed by atoms with van der Waals surface area (Å²) in [6, 6.07) is 8.64. The molecule has 1 N–H and O–H groups in total. The number of carbonyl (C=O) groups is 1. The topological polar surface area (TPSA) is 49.8 Å². The Morgan fingerprint density at radius 1 is 1.21 bits per heavy atom. The van der Waals surface area contributed by atoms with E-state index in [4.69, 9.17) is 9.84 Å².